The van der Waals surface area contributed by atoms with Crippen molar-refractivity contribution in [3.8, 4) is 17.4 Å². The maximum atomic E-state index is 5.75. The largest absolute Gasteiger partial charge is 0.497 e. The molecule has 1 aromatic heterocycles. The van der Waals surface area contributed by atoms with Crippen molar-refractivity contribution in [2.75, 3.05) is 26.5 Å². The van der Waals surface area contributed by atoms with Crippen LogP contribution < -0.4 is 20.1 Å². The molecule has 1 aromatic carbocycles. The van der Waals surface area contributed by atoms with Gasteiger partial charge in [0.15, 0.2) is 5.96 Å². The summed E-state index contributed by atoms with van der Waals surface area (Å²) >= 11 is 2.04. The maximum absolute atomic E-state index is 5.75. The third-order valence-corrected chi connectivity index (χ3v) is 5.68. The second-order valence-electron chi connectivity index (χ2n) is 6.22. The molecule has 1 aliphatic heterocycles. The van der Waals surface area contributed by atoms with E-state index in [4.69, 9.17) is 9.47 Å². The van der Waals surface area contributed by atoms with Crippen LogP contribution in [-0.4, -0.2) is 42.6 Å². The SMILES string of the molecule is CN=C(NCc1ccc(Oc2ccc(OC)cc2)nc1)NCC1CCCS1.I. The number of hydrogen-bond acceptors (Lipinski definition) is 5. The van der Waals surface area contributed by atoms with Crippen molar-refractivity contribution in [3.05, 3.63) is 48.2 Å². The predicted molar refractivity (Wildman–Crippen MR) is 126 cm³/mol. The highest BCUT2D eigenvalue weighted by Crippen LogP contribution is 2.25. The van der Waals surface area contributed by atoms with E-state index >= 15 is 0 Å². The number of hydrogen-bond donors (Lipinski definition) is 2. The van der Waals surface area contributed by atoms with Crippen LogP contribution in [-0.2, 0) is 6.54 Å². The van der Waals surface area contributed by atoms with Crippen molar-refractivity contribution in [1.29, 1.82) is 0 Å². The lowest BCUT2D eigenvalue weighted by Crippen LogP contribution is -2.39. The van der Waals surface area contributed by atoms with Gasteiger partial charge in [0.05, 0.1) is 7.11 Å². The number of benzene rings is 1. The summed E-state index contributed by atoms with van der Waals surface area (Å²) in [6.07, 6.45) is 4.42. The molecule has 2 heterocycles. The van der Waals surface area contributed by atoms with Gasteiger partial charge in [0, 0.05) is 37.7 Å². The number of thioether (sulfide) groups is 1. The molecule has 2 N–H and O–H groups in total. The molecule has 1 atom stereocenters. The lowest BCUT2D eigenvalue weighted by molar-refractivity contribution is 0.412. The van der Waals surface area contributed by atoms with Crippen molar-refractivity contribution in [3.63, 3.8) is 0 Å². The number of aromatic nitrogens is 1. The molecule has 28 heavy (non-hydrogen) atoms. The average Bonchev–Trinajstić information content (AvgIpc) is 3.23. The zero-order chi connectivity index (χ0) is 18.9. The van der Waals surface area contributed by atoms with E-state index in [9.17, 15) is 0 Å². The molecule has 0 radical (unpaired) electrons. The molecule has 0 spiro atoms. The second-order valence-corrected chi connectivity index (χ2v) is 7.63. The highest BCUT2D eigenvalue weighted by Gasteiger charge is 2.15. The van der Waals surface area contributed by atoms with Gasteiger partial charge in [0.25, 0.3) is 0 Å². The summed E-state index contributed by atoms with van der Waals surface area (Å²) in [4.78, 5) is 8.65. The summed E-state index contributed by atoms with van der Waals surface area (Å²) in [6.45, 7) is 1.62. The normalized spacial score (nSPS) is 16.2. The Balaban J connectivity index is 0.00000280. The van der Waals surface area contributed by atoms with Crippen molar-refractivity contribution >= 4 is 41.7 Å². The van der Waals surface area contributed by atoms with Gasteiger partial charge >= 0.3 is 0 Å². The van der Waals surface area contributed by atoms with E-state index in [-0.39, 0.29) is 24.0 Å². The summed E-state index contributed by atoms with van der Waals surface area (Å²) < 4.78 is 10.9. The zero-order valence-electron chi connectivity index (χ0n) is 16.2. The molecule has 8 heteroatoms. The molecule has 1 unspecified atom stereocenters. The van der Waals surface area contributed by atoms with Gasteiger partial charge < -0.3 is 20.1 Å². The van der Waals surface area contributed by atoms with Gasteiger partial charge in [-0.25, -0.2) is 4.98 Å². The molecule has 0 amide bonds. The minimum Gasteiger partial charge on any atom is -0.497 e. The molecule has 3 rings (SSSR count). The fraction of sp³-hybridized carbons (Fsp3) is 0.400. The number of guanidine groups is 1. The molecule has 152 valence electrons. The van der Waals surface area contributed by atoms with Gasteiger partial charge in [-0.3, -0.25) is 4.99 Å². The first kappa shape index (κ1) is 22.6. The van der Waals surface area contributed by atoms with E-state index in [1.807, 2.05) is 54.4 Å². The third-order valence-electron chi connectivity index (χ3n) is 4.28. The van der Waals surface area contributed by atoms with Crippen molar-refractivity contribution in [1.82, 2.24) is 15.6 Å². The Morgan fingerprint density at radius 1 is 1.18 bits per heavy atom. The van der Waals surface area contributed by atoms with Crippen LogP contribution in [0, 0.1) is 0 Å². The fourth-order valence-corrected chi connectivity index (χ4v) is 3.96. The molecule has 0 aliphatic carbocycles. The van der Waals surface area contributed by atoms with Gasteiger partial charge in [0.1, 0.15) is 11.5 Å². The van der Waals surface area contributed by atoms with Gasteiger partial charge in [-0.2, -0.15) is 11.8 Å². The van der Waals surface area contributed by atoms with Gasteiger partial charge in [-0.1, -0.05) is 6.07 Å². The van der Waals surface area contributed by atoms with Crippen LogP contribution in [0.3, 0.4) is 0 Å². The number of nitrogens with one attached hydrogen (secondary N) is 2. The first-order valence-corrected chi connectivity index (χ1v) is 10.1. The Bertz CT molecular complexity index is 735. The standard InChI is InChI=1S/C20H26N4O2S.HI/c1-21-20(24-14-18-4-3-11-27-18)23-13-15-5-10-19(22-12-15)26-17-8-6-16(25-2)7-9-17;/h5-10,12,18H,3-4,11,13-14H2,1-2H3,(H2,21,23,24);1H. The predicted octanol–water partition coefficient (Wildman–Crippen LogP) is 4.06. The number of ether oxygens (including phenoxy) is 2. The monoisotopic (exact) mass is 514 g/mol. The topological polar surface area (TPSA) is 67.8 Å². The number of aliphatic imine (C=N–C) groups is 1. The number of methoxy groups -OCH3 is 1. The summed E-state index contributed by atoms with van der Waals surface area (Å²) in [5, 5.41) is 7.42. The zero-order valence-corrected chi connectivity index (χ0v) is 19.3. The minimum absolute atomic E-state index is 0. The van der Waals surface area contributed by atoms with E-state index < -0.39 is 0 Å². The summed E-state index contributed by atoms with van der Waals surface area (Å²) in [5.74, 6) is 4.18. The molecule has 0 bridgehead atoms. The summed E-state index contributed by atoms with van der Waals surface area (Å²) in [6, 6.07) is 11.3. The lowest BCUT2D eigenvalue weighted by Gasteiger charge is -2.14. The molecule has 1 saturated heterocycles. The van der Waals surface area contributed by atoms with E-state index in [1.54, 1.807) is 14.2 Å². The first-order chi connectivity index (χ1) is 13.3. The number of nitrogens with zero attached hydrogens (tertiary/aromatic N) is 2. The van der Waals surface area contributed by atoms with Crippen molar-refractivity contribution in [2.45, 2.75) is 24.6 Å². The Labute approximate surface area is 187 Å². The van der Waals surface area contributed by atoms with Crippen molar-refractivity contribution in [2.24, 2.45) is 4.99 Å². The van der Waals surface area contributed by atoms with Crippen LogP contribution in [0.25, 0.3) is 0 Å². The summed E-state index contributed by atoms with van der Waals surface area (Å²) in [5.41, 5.74) is 1.07. The van der Waals surface area contributed by atoms with Gasteiger partial charge in [0.2, 0.25) is 5.88 Å². The van der Waals surface area contributed by atoms with E-state index in [0.29, 0.717) is 17.7 Å². The Morgan fingerprint density at radius 3 is 2.57 bits per heavy atom. The number of rotatable bonds is 7. The Hall–Kier alpha value is -1.68. The van der Waals surface area contributed by atoms with Crippen molar-refractivity contribution < 1.29 is 9.47 Å². The van der Waals surface area contributed by atoms with Crippen LogP contribution in [0.1, 0.15) is 18.4 Å². The highest BCUT2D eigenvalue weighted by atomic mass is 127. The molecule has 2 aromatic rings. The minimum atomic E-state index is 0. The van der Waals surface area contributed by atoms with E-state index in [1.165, 1.54) is 18.6 Å². The number of halogens is 1. The second kappa shape index (κ2) is 12.0. The quantitative estimate of drug-likeness (QED) is 0.330. The van der Waals surface area contributed by atoms with Crippen LogP contribution in [0.4, 0.5) is 0 Å². The van der Waals surface area contributed by atoms with Gasteiger partial charge in [-0.15, -0.1) is 24.0 Å². The average molecular weight is 514 g/mol. The Kier molecular flexibility index (Phi) is 9.69. The summed E-state index contributed by atoms with van der Waals surface area (Å²) in [7, 11) is 3.43. The Morgan fingerprint density at radius 2 is 1.96 bits per heavy atom. The van der Waals surface area contributed by atoms with Crippen LogP contribution >= 0.6 is 35.7 Å². The molecule has 1 fully saturated rings. The van der Waals surface area contributed by atoms with E-state index in [2.05, 4.69) is 20.6 Å². The first-order valence-electron chi connectivity index (χ1n) is 9.10. The maximum Gasteiger partial charge on any atom is 0.219 e. The lowest BCUT2D eigenvalue weighted by atomic mass is 10.2. The molecule has 1 aliphatic rings. The van der Waals surface area contributed by atoms with E-state index in [0.717, 1.165) is 29.6 Å². The van der Waals surface area contributed by atoms with Crippen LogP contribution in [0.2, 0.25) is 0 Å². The smallest absolute Gasteiger partial charge is 0.219 e. The van der Waals surface area contributed by atoms with Gasteiger partial charge in [-0.05, 0) is 48.4 Å². The third kappa shape index (κ3) is 7.05. The highest BCUT2D eigenvalue weighted by molar-refractivity contribution is 14.0. The molecule has 0 saturated carbocycles. The molecule has 6 nitrogen and oxygen atoms in total. The van der Waals surface area contributed by atoms with Crippen LogP contribution in [0.5, 0.6) is 17.4 Å². The fourth-order valence-electron chi connectivity index (χ4n) is 2.76. The molecular formula is C20H27IN4O2S. The number of pyridine rings is 1. The molecular weight excluding hydrogens is 487 g/mol. The van der Waals surface area contributed by atoms with Crippen LogP contribution in [0.15, 0.2) is 47.6 Å².